The van der Waals surface area contributed by atoms with Crippen LogP contribution in [0.3, 0.4) is 0 Å². The number of anilines is 1. The monoisotopic (exact) mass is 363 g/mol. The molecule has 27 heavy (non-hydrogen) atoms. The Hall–Kier alpha value is -3.19. The van der Waals surface area contributed by atoms with Gasteiger partial charge in [0.15, 0.2) is 0 Å². The summed E-state index contributed by atoms with van der Waals surface area (Å²) in [6.45, 7) is 2.13. The normalized spacial score (nSPS) is 21.0. The van der Waals surface area contributed by atoms with Gasteiger partial charge in [0, 0.05) is 22.7 Å². The zero-order chi connectivity index (χ0) is 19.0. The molecular formula is C20H21N5O2. The van der Waals surface area contributed by atoms with Crippen LogP contribution in [0.2, 0.25) is 0 Å². The van der Waals surface area contributed by atoms with Gasteiger partial charge in [-0.1, -0.05) is 36.4 Å². The minimum atomic E-state index is -1.10. The maximum Gasteiger partial charge on any atom is 0.409 e. The number of hydrogen-bond acceptors (Lipinski definition) is 4. The topological polar surface area (TPSA) is 106 Å². The molecule has 0 radical (unpaired) electrons. The van der Waals surface area contributed by atoms with Crippen LogP contribution in [0.4, 0.5) is 10.5 Å². The fourth-order valence-electron chi connectivity index (χ4n) is 3.42. The maximum atomic E-state index is 10.8. The molecule has 7 nitrogen and oxygen atoms in total. The van der Waals surface area contributed by atoms with Gasteiger partial charge >= 0.3 is 6.09 Å². The summed E-state index contributed by atoms with van der Waals surface area (Å²) < 4.78 is 1.71. The van der Waals surface area contributed by atoms with E-state index < -0.39 is 6.09 Å². The highest BCUT2D eigenvalue weighted by Crippen LogP contribution is 2.51. The van der Waals surface area contributed by atoms with Gasteiger partial charge in [0.25, 0.3) is 0 Å². The van der Waals surface area contributed by atoms with Gasteiger partial charge in [-0.25, -0.2) is 9.48 Å². The molecule has 2 aromatic carbocycles. The largest absolute Gasteiger partial charge is 0.465 e. The average Bonchev–Trinajstić information content (AvgIpc) is 3.12. The van der Waals surface area contributed by atoms with Crippen LogP contribution < -0.4 is 11.1 Å². The second-order valence-electron chi connectivity index (χ2n) is 6.99. The SMILES string of the molecule is CCC1(N)CC1c1ccc(-n2cc(-c3cccc(NC(=O)O)c3)nn2)cc1. The number of nitrogens with zero attached hydrogens (tertiary/aromatic N) is 3. The Bertz CT molecular complexity index is 982. The lowest BCUT2D eigenvalue weighted by atomic mass is 10.0. The minimum absolute atomic E-state index is 0.0447. The van der Waals surface area contributed by atoms with Crippen molar-refractivity contribution in [3.05, 3.63) is 60.3 Å². The third-order valence-corrected chi connectivity index (χ3v) is 5.24. The highest BCUT2D eigenvalue weighted by molar-refractivity contribution is 5.84. The number of amides is 1. The van der Waals surface area contributed by atoms with E-state index in [0.717, 1.165) is 24.1 Å². The van der Waals surface area contributed by atoms with E-state index in [2.05, 4.69) is 34.7 Å². The van der Waals surface area contributed by atoms with Crippen LogP contribution in [0.5, 0.6) is 0 Å². The summed E-state index contributed by atoms with van der Waals surface area (Å²) in [6.07, 6.45) is 2.75. The molecule has 3 aromatic rings. The molecule has 0 saturated heterocycles. The number of rotatable bonds is 5. The van der Waals surface area contributed by atoms with Crippen molar-refractivity contribution in [2.75, 3.05) is 5.32 Å². The molecule has 2 atom stereocenters. The molecule has 1 saturated carbocycles. The number of hydrogen-bond donors (Lipinski definition) is 3. The number of benzene rings is 2. The average molecular weight is 363 g/mol. The van der Waals surface area contributed by atoms with Crippen molar-refractivity contribution in [2.45, 2.75) is 31.2 Å². The predicted octanol–water partition coefficient (Wildman–Crippen LogP) is 3.62. The van der Waals surface area contributed by atoms with E-state index in [1.165, 1.54) is 5.56 Å². The molecule has 0 bridgehead atoms. The van der Waals surface area contributed by atoms with Gasteiger partial charge in [-0.2, -0.15) is 0 Å². The zero-order valence-corrected chi connectivity index (χ0v) is 15.0. The lowest BCUT2D eigenvalue weighted by Gasteiger charge is -2.08. The van der Waals surface area contributed by atoms with Crippen LogP contribution in [0.1, 0.15) is 31.2 Å². The van der Waals surface area contributed by atoms with Crippen LogP contribution in [0.15, 0.2) is 54.7 Å². The first kappa shape index (κ1) is 17.2. The van der Waals surface area contributed by atoms with E-state index in [-0.39, 0.29) is 5.54 Å². The third-order valence-electron chi connectivity index (χ3n) is 5.24. The summed E-state index contributed by atoms with van der Waals surface area (Å²) in [4.78, 5) is 10.8. The van der Waals surface area contributed by atoms with Crippen molar-refractivity contribution < 1.29 is 9.90 Å². The van der Waals surface area contributed by atoms with Gasteiger partial charge in [0.2, 0.25) is 0 Å². The summed E-state index contributed by atoms with van der Waals surface area (Å²) in [7, 11) is 0. The number of nitrogens with one attached hydrogen (secondary N) is 1. The Morgan fingerprint density at radius 2 is 2.11 bits per heavy atom. The Morgan fingerprint density at radius 3 is 2.78 bits per heavy atom. The van der Waals surface area contributed by atoms with E-state index in [1.54, 1.807) is 22.9 Å². The first-order chi connectivity index (χ1) is 13.0. The maximum absolute atomic E-state index is 10.8. The van der Waals surface area contributed by atoms with E-state index in [1.807, 2.05) is 24.4 Å². The molecule has 138 valence electrons. The molecule has 1 amide bonds. The molecule has 1 heterocycles. The zero-order valence-electron chi connectivity index (χ0n) is 15.0. The van der Waals surface area contributed by atoms with Crippen molar-refractivity contribution in [1.82, 2.24) is 15.0 Å². The Balaban J connectivity index is 1.54. The van der Waals surface area contributed by atoms with Crippen LogP contribution in [-0.4, -0.2) is 31.7 Å². The predicted molar refractivity (Wildman–Crippen MR) is 103 cm³/mol. The van der Waals surface area contributed by atoms with E-state index >= 15 is 0 Å². The summed E-state index contributed by atoms with van der Waals surface area (Å²) in [5, 5.41) is 19.6. The number of aromatic nitrogens is 3. The molecule has 4 rings (SSSR count). The molecule has 1 aliphatic rings. The Labute approximate surface area is 156 Å². The van der Waals surface area contributed by atoms with Gasteiger partial charge < -0.3 is 10.8 Å². The first-order valence-corrected chi connectivity index (χ1v) is 8.90. The third kappa shape index (κ3) is 3.41. The lowest BCUT2D eigenvalue weighted by molar-refractivity contribution is 0.210. The Morgan fingerprint density at radius 1 is 1.33 bits per heavy atom. The molecule has 1 aromatic heterocycles. The van der Waals surface area contributed by atoms with Crippen molar-refractivity contribution in [3.63, 3.8) is 0 Å². The van der Waals surface area contributed by atoms with Gasteiger partial charge in [-0.15, -0.1) is 5.10 Å². The summed E-state index contributed by atoms with van der Waals surface area (Å²) in [5.74, 6) is 0.437. The molecular weight excluding hydrogens is 342 g/mol. The summed E-state index contributed by atoms with van der Waals surface area (Å²) in [6, 6.07) is 15.3. The second kappa shape index (κ2) is 6.51. The van der Waals surface area contributed by atoms with Gasteiger partial charge in [-0.3, -0.25) is 5.32 Å². The highest BCUT2D eigenvalue weighted by Gasteiger charge is 2.49. The van der Waals surface area contributed by atoms with Gasteiger partial charge in [-0.05, 0) is 42.7 Å². The van der Waals surface area contributed by atoms with Gasteiger partial charge in [0.05, 0.1) is 11.9 Å². The minimum Gasteiger partial charge on any atom is -0.465 e. The Kier molecular flexibility index (Phi) is 4.16. The van der Waals surface area contributed by atoms with Crippen LogP contribution in [0, 0.1) is 0 Å². The van der Waals surface area contributed by atoms with Gasteiger partial charge in [0.1, 0.15) is 5.69 Å². The summed E-state index contributed by atoms with van der Waals surface area (Å²) >= 11 is 0. The smallest absolute Gasteiger partial charge is 0.409 e. The summed E-state index contributed by atoms with van der Waals surface area (Å²) in [5.41, 5.74) is 10.4. The molecule has 4 N–H and O–H groups in total. The standard InChI is InChI=1S/C20H21N5O2/c1-2-20(21)11-17(20)13-6-8-16(9-7-13)25-12-18(23-24-25)14-4-3-5-15(10-14)22-19(26)27/h3-10,12,17,22H,2,11,21H2,1H3,(H,26,27). The van der Waals surface area contributed by atoms with Crippen molar-refractivity contribution >= 4 is 11.8 Å². The first-order valence-electron chi connectivity index (χ1n) is 8.90. The van der Waals surface area contributed by atoms with Crippen LogP contribution >= 0.6 is 0 Å². The van der Waals surface area contributed by atoms with Crippen molar-refractivity contribution in [1.29, 1.82) is 0 Å². The van der Waals surface area contributed by atoms with Crippen LogP contribution in [0.25, 0.3) is 16.9 Å². The number of nitrogens with two attached hydrogens (primary N) is 1. The second-order valence-corrected chi connectivity index (χ2v) is 6.99. The van der Waals surface area contributed by atoms with E-state index in [4.69, 9.17) is 10.8 Å². The quantitative estimate of drug-likeness (QED) is 0.642. The molecule has 1 aliphatic carbocycles. The van der Waals surface area contributed by atoms with Crippen molar-refractivity contribution in [2.24, 2.45) is 5.73 Å². The number of carboxylic acid groups (broad SMARTS) is 1. The number of carbonyl (C=O) groups is 1. The van der Waals surface area contributed by atoms with E-state index in [0.29, 0.717) is 17.3 Å². The molecule has 2 unspecified atom stereocenters. The fourth-order valence-corrected chi connectivity index (χ4v) is 3.42. The van der Waals surface area contributed by atoms with Crippen LogP contribution in [-0.2, 0) is 0 Å². The molecule has 1 fully saturated rings. The van der Waals surface area contributed by atoms with Crippen molar-refractivity contribution in [3.8, 4) is 16.9 Å². The highest BCUT2D eigenvalue weighted by atomic mass is 16.4. The fraction of sp³-hybridized carbons (Fsp3) is 0.250. The molecule has 0 aliphatic heterocycles. The lowest BCUT2D eigenvalue weighted by Crippen LogP contribution is -2.22. The van der Waals surface area contributed by atoms with E-state index in [9.17, 15) is 4.79 Å². The molecule has 0 spiro atoms. The molecule has 7 heteroatoms.